The third-order valence-electron chi connectivity index (χ3n) is 5.10. The zero-order chi connectivity index (χ0) is 20.4. The van der Waals surface area contributed by atoms with Crippen LogP contribution < -0.4 is 9.47 Å². The molecule has 0 aliphatic rings. The number of Topliss-reactive ketones (excluding diaryl/α,β-unsaturated/α-hetero) is 1. The molecule has 2 rings (SSSR count). The summed E-state index contributed by atoms with van der Waals surface area (Å²) in [6.45, 7) is 9.67. The number of rotatable bonds is 12. The minimum Gasteiger partial charge on any atom is -0.494 e. The first kappa shape index (κ1) is 22.0. The number of carbonyl (C=O) groups excluding carboxylic acids is 1. The van der Waals surface area contributed by atoms with Crippen LogP contribution in [0.15, 0.2) is 48.5 Å². The SMILES string of the molecule is CCCCOc1cccc(C(C)C(=O)C(C)c2cccc(OCCCC)c2)c1. The lowest BCUT2D eigenvalue weighted by molar-refractivity contribution is -0.121. The van der Waals surface area contributed by atoms with E-state index < -0.39 is 0 Å². The van der Waals surface area contributed by atoms with Crippen LogP contribution in [0.2, 0.25) is 0 Å². The molecule has 3 nitrogen and oxygen atoms in total. The maximum Gasteiger partial charge on any atom is 0.147 e. The van der Waals surface area contributed by atoms with Crippen molar-refractivity contribution in [1.82, 2.24) is 0 Å². The van der Waals surface area contributed by atoms with Crippen LogP contribution in [0.1, 0.15) is 76.3 Å². The highest BCUT2D eigenvalue weighted by Gasteiger charge is 2.23. The number of unbranched alkanes of at least 4 members (excludes halogenated alkanes) is 2. The molecular weight excluding hydrogens is 348 g/mol. The maximum atomic E-state index is 13.1. The Morgan fingerprint density at radius 2 is 1.21 bits per heavy atom. The maximum absolute atomic E-state index is 13.1. The van der Waals surface area contributed by atoms with Crippen LogP contribution >= 0.6 is 0 Å². The minimum absolute atomic E-state index is 0.186. The van der Waals surface area contributed by atoms with Crippen molar-refractivity contribution < 1.29 is 14.3 Å². The van der Waals surface area contributed by atoms with Gasteiger partial charge in [0.2, 0.25) is 0 Å². The third kappa shape index (κ3) is 6.40. The van der Waals surface area contributed by atoms with E-state index in [0.717, 1.165) is 48.3 Å². The zero-order valence-corrected chi connectivity index (χ0v) is 17.7. The fourth-order valence-corrected chi connectivity index (χ4v) is 3.12. The first-order valence-electron chi connectivity index (χ1n) is 10.6. The van der Waals surface area contributed by atoms with Crippen LogP contribution in [-0.2, 0) is 4.79 Å². The van der Waals surface area contributed by atoms with E-state index in [0.29, 0.717) is 13.2 Å². The van der Waals surface area contributed by atoms with E-state index >= 15 is 0 Å². The Morgan fingerprint density at radius 3 is 1.61 bits per heavy atom. The quantitative estimate of drug-likeness (QED) is 0.392. The van der Waals surface area contributed by atoms with Crippen molar-refractivity contribution in [2.45, 2.75) is 65.2 Å². The van der Waals surface area contributed by atoms with Gasteiger partial charge in [-0.1, -0.05) is 64.8 Å². The number of ether oxygens (including phenoxy) is 2. The smallest absolute Gasteiger partial charge is 0.147 e. The summed E-state index contributed by atoms with van der Waals surface area (Å²) in [5.74, 6) is 1.51. The normalized spacial score (nSPS) is 13.0. The molecule has 0 aliphatic carbocycles. The van der Waals surface area contributed by atoms with E-state index in [9.17, 15) is 4.79 Å². The summed E-state index contributed by atoms with van der Waals surface area (Å²) in [4.78, 5) is 13.1. The van der Waals surface area contributed by atoms with E-state index in [4.69, 9.17) is 9.47 Å². The van der Waals surface area contributed by atoms with Gasteiger partial charge in [0.1, 0.15) is 17.3 Å². The number of hydrogen-bond donors (Lipinski definition) is 0. The average molecular weight is 383 g/mol. The lowest BCUT2D eigenvalue weighted by atomic mass is 9.86. The average Bonchev–Trinajstić information content (AvgIpc) is 2.73. The second-order valence-corrected chi connectivity index (χ2v) is 7.39. The van der Waals surface area contributed by atoms with Gasteiger partial charge in [0.05, 0.1) is 13.2 Å². The molecule has 0 N–H and O–H groups in total. The van der Waals surface area contributed by atoms with Crippen molar-refractivity contribution >= 4 is 5.78 Å². The molecular formula is C25H34O3. The molecule has 0 spiro atoms. The van der Waals surface area contributed by atoms with Crippen LogP contribution in [-0.4, -0.2) is 19.0 Å². The molecule has 0 saturated heterocycles. The highest BCUT2D eigenvalue weighted by atomic mass is 16.5. The van der Waals surface area contributed by atoms with Crippen molar-refractivity contribution in [3.8, 4) is 11.5 Å². The molecule has 0 amide bonds. The molecule has 0 fully saturated rings. The summed E-state index contributed by atoms with van der Waals surface area (Å²) in [6.07, 6.45) is 4.28. The van der Waals surface area contributed by atoms with E-state index in [1.807, 2.05) is 62.4 Å². The van der Waals surface area contributed by atoms with Crippen LogP contribution in [0.3, 0.4) is 0 Å². The summed E-state index contributed by atoms with van der Waals surface area (Å²) >= 11 is 0. The number of benzene rings is 2. The third-order valence-corrected chi connectivity index (χ3v) is 5.10. The zero-order valence-electron chi connectivity index (χ0n) is 17.7. The summed E-state index contributed by atoms with van der Waals surface area (Å²) in [5.41, 5.74) is 2.00. The van der Waals surface area contributed by atoms with E-state index in [-0.39, 0.29) is 17.6 Å². The van der Waals surface area contributed by atoms with E-state index in [1.54, 1.807) is 0 Å². The number of carbonyl (C=O) groups is 1. The Kier molecular flexibility index (Phi) is 9.06. The fraction of sp³-hybridized carbons (Fsp3) is 0.480. The highest BCUT2D eigenvalue weighted by Crippen LogP contribution is 2.29. The van der Waals surface area contributed by atoms with Crippen LogP contribution in [0.25, 0.3) is 0 Å². The van der Waals surface area contributed by atoms with Gasteiger partial charge in [0.25, 0.3) is 0 Å². The second kappa shape index (κ2) is 11.5. The monoisotopic (exact) mass is 382 g/mol. The second-order valence-electron chi connectivity index (χ2n) is 7.39. The Bertz CT molecular complexity index is 677. The topological polar surface area (TPSA) is 35.5 Å². The molecule has 2 aromatic rings. The predicted octanol–water partition coefficient (Wildman–Crippen LogP) is 6.52. The summed E-state index contributed by atoms with van der Waals surface area (Å²) in [7, 11) is 0. The predicted molar refractivity (Wildman–Crippen MR) is 116 cm³/mol. The molecule has 2 atom stereocenters. The molecule has 0 radical (unpaired) electrons. The Morgan fingerprint density at radius 1 is 0.786 bits per heavy atom. The van der Waals surface area contributed by atoms with Crippen molar-refractivity contribution in [3.63, 3.8) is 0 Å². The molecule has 0 aromatic heterocycles. The Hall–Kier alpha value is -2.29. The molecule has 28 heavy (non-hydrogen) atoms. The van der Waals surface area contributed by atoms with Gasteiger partial charge in [-0.25, -0.2) is 0 Å². The molecule has 152 valence electrons. The fourth-order valence-electron chi connectivity index (χ4n) is 3.12. The van der Waals surface area contributed by atoms with Crippen LogP contribution in [0.4, 0.5) is 0 Å². The summed E-state index contributed by atoms with van der Waals surface area (Å²) in [6, 6.07) is 15.8. The molecule has 2 aromatic carbocycles. The van der Waals surface area contributed by atoms with Gasteiger partial charge in [-0.3, -0.25) is 4.79 Å². The molecule has 2 unspecified atom stereocenters. The van der Waals surface area contributed by atoms with Gasteiger partial charge in [-0.15, -0.1) is 0 Å². The number of hydrogen-bond acceptors (Lipinski definition) is 3. The van der Waals surface area contributed by atoms with E-state index in [1.165, 1.54) is 0 Å². The lowest BCUT2D eigenvalue weighted by Crippen LogP contribution is -2.16. The van der Waals surface area contributed by atoms with Gasteiger partial charge in [-0.05, 0) is 48.2 Å². The van der Waals surface area contributed by atoms with Gasteiger partial charge in [0.15, 0.2) is 0 Å². The van der Waals surface area contributed by atoms with Gasteiger partial charge in [-0.2, -0.15) is 0 Å². The Labute approximate surface area is 170 Å². The molecule has 0 saturated carbocycles. The standard InChI is InChI=1S/C25H34O3/c1-5-7-15-27-23-13-9-11-21(17-23)19(3)25(26)20(4)22-12-10-14-24(18-22)28-16-8-6-2/h9-14,17-20H,5-8,15-16H2,1-4H3. The van der Waals surface area contributed by atoms with Gasteiger partial charge in [0, 0.05) is 11.8 Å². The van der Waals surface area contributed by atoms with Crippen LogP contribution in [0.5, 0.6) is 11.5 Å². The lowest BCUT2D eigenvalue weighted by Gasteiger charge is -2.18. The van der Waals surface area contributed by atoms with Gasteiger partial charge >= 0.3 is 0 Å². The number of ketones is 1. The van der Waals surface area contributed by atoms with Crippen molar-refractivity contribution in [2.24, 2.45) is 0 Å². The molecule has 0 bridgehead atoms. The Balaban J connectivity index is 2.06. The van der Waals surface area contributed by atoms with Gasteiger partial charge < -0.3 is 9.47 Å². The largest absolute Gasteiger partial charge is 0.494 e. The highest BCUT2D eigenvalue weighted by molar-refractivity contribution is 5.91. The summed E-state index contributed by atoms with van der Waals surface area (Å²) in [5, 5.41) is 0. The molecule has 0 aliphatic heterocycles. The van der Waals surface area contributed by atoms with Crippen LogP contribution in [0, 0.1) is 0 Å². The first-order valence-corrected chi connectivity index (χ1v) is 10.6. The molecule has 0 heterocycles. The van der Waals surface area contributed by atoms with Crippen molar-refractivity contribution in [1.29, 1.82) is 0 Å². The van der Waals surface area contributed by atoms with E-state index in [2.05, 4.69) is 13.8 Å². The van der Waals surface area contributed by atoms with Crippen molar-refractivity contribution in [2.75, 3.05) is 13.2 Å². The summed E-state index contributed by atoms with van der Waals surface area (Å²) < 4.78 is 11.6. The molecule has 3 heteroatoms. The first-order chi connectivity index (χ1) is 13.6. The van der Waals surface area contributed by atoms with Crippen molar-refractivity contribution in [3.05, 3.63) is 59.7 Å². The minimum atomic E-state index is -0.186.